The second-order valence-corrected chi connectivity index (χ2v) is 7.18. The fourth-order valence-electron chi connectivity index (χ4n) is 3.18. The summed E-state index contributed by atoms with van der Waals surface area (Å²) in [6.45, 7) is 6.28. The van der Waals surface area contributed by atoms with Crippen LogP contribution in [0.2, 0.25) is 0 Å². The molecule has 16 heavy (non-hydrogen) atoms. The number of hydrogen-bond donors (Lipinski definition) is 1. The van der Waals surface area contributed by atoms with Crippen LogP contribution in [-0.4, -0.2) is 47.3 Å². The molecule has 0 radical (unpaired) electrons. The number of hydrogen-bond acceptors (Lipinski definition) is 3. The van der Waals surface area contributed by atoms with Crippen molar-refractivity contribution >= 4 is 11.8 Å². The Morgan fingerprint density at radius 1 is 1.31 bits per heavy atom. The van der Waals surface area contributed by atoms with Crippen LogP contribution in [0.5, 0.6) is 0 Å². The zero-order valence-electron chi connectivity index (χ0n) is 10.5. The van der Waals surface area contributed by atoms with Crippen LogP contribution in [0.25, 0.3) is 0 Å². The third-order valence-corrected chi connectivity index (χ3v) is 5.27. The van der Waals surface area contributed by atoms with Gasteiger partial charge >= 0.3 is 0 Å². The molecule has 1 saturated carbocycles. The number of aliphatic hydroxyl groups excluding tert-OH is 1. The van der Waals surface area contributed by atoms with Crippen molar-refractivity contribution in [3.05, 3.63) is 0 Å². The molecule has 1 atom stereocenters. The largest absolute Gasteiger partial charge is 0.396 e. The van der Waals surface area contributed by atoms with E-state index in [1.54, 1.807) is 0 Å². The minimum absolute atomic E-state index is 0.236. The number of nitrogens with zero attached hydrogens (tertiary/aromatic N) is 1. The molecule has 0 amide bonds. The summed E-state index contributed by atoms with van der Waals surface area (Å²) in [5, 5.41) is 10.5. The third-order valence-electron chi connectivity index (χ3n) is 4.13. The summed E-state index contributed by atoms with van der Waals surface area (Å²) in [5.74, 6) is 1.27. The first-order chi connectivity index (χ1) is 7.74. The smallest absolute Gasteiger partial charge is 0.0499 e. The van der Waals surface area contributed by atoms with Gasteiger partial charge in [0.25, 0.3) is 0 Å². The van der Waals surface area contributed by atoms with Crippen molar-refractivity contribution in [3.63, 3.8) is 0 Å². The molecule has 1 heterocycles. The van der Waals surface area contributed by atoms with Crippen molar-refractivity contribution in [2.75, 3.05) is 32.0 Å². The van der Waals surface area contributed by atoms with Gasteiger partial charge in [0.2, 0.25) is 0 Å². The van der Waals surface area contributed by atoms with E-state index in [2.05, 4.69) is 23.6 Å². The highest BCUT2D eigenvalue weighted by Crippen LogP contribution is 2.37. The molecule has 1 unspecified atom stereocenters. The van der Waals surface area contributed by atoms with E-state index in [0.717, 1.165) is 11.8 Å². The fourth-order valence-corrected chi connectivity index (χ4v) is 4.26. The average molecular weight is 243 g/mol. The van der Waals surface area contributed by atoms with E-state index in [1.807, 2.05) is 0 Å². The maximum atomic E-state index is 9.71. The van der Waals surface area contributed by atoms with Gasteiger partial charge in [-0.2, -0.15) is 11.8 Å². The minimum atomic E-state index is 0.236. The second-order valence-electron chi connectivity index (χ2n) is 5.64. The molecule has 1 N–H and O–H groups in total. The first-order valence-corrected chi connectivity index (χ1v) is 7.74. The summed E-state index contributed by atoms with van der Waals surface area (Å²) in [6, 6.07) is 0. The first-order valence-electron chi connectivity index (χ1n) is 6.69. The van der Waals surface area contributed by atoms with Crippen molar-refractivity contribution in [1.29, 1.82) is 0 Å². The van der Waals surface area contributed by atoms with Gasteiger partial charge in [-0.3, -0.25) is 0 Å². The molecule has 2 nitrogen and oxygen atoms in total. The molecule has 94 valence electrons. The van der Waals surface area contributed by atoms with Gasteiger partial charge in [0.05, 0.1) is 0 Å². The van der Waals surface area contributed by atoms with Crippen LogP contribution in [0.1, 0.15) is 39.0 Å². The van der Waals surface area contributed by atoms with Crippen molar-refractivity contribution in [2.45, 2.75) is 44.3 Å². The molecule has 0 aromatic rings. The van der Waals surface area contributed by atoms with E-state index in [4.69, 9.17) is 0 Å². The molecular weight excluding hydrogens is 218 g/mol. The Hall–Kier alpha value is 0.270. The van der Waals surface area contributed by atoms with Gasteiger partial charge in [0, 0.05) is 42.7 Å². The van der Waals surface area contributed by atoms with E-state index >= 15 is 0 Å². The molecule has 0 aromatic heterocycles. The molecule has 0 spiro atoms. The molecule has 0 bridgehead atoms. The normalized spacial score (nSPS) is 31.5. The van der Waals surface area contributed by atoms with Gasteiger partial charge in [-0.05, 0) is 12.8 Å². The van der Waals surface area contributed by atoms with Crippen LogP contribution in [0, 0.1) is 5.41 Å². The van der Waals surface area contributed by atoms with Gasteiger partial charge < -0.3 is 10.0 Å². The number of rotatable bonds is 3. The average Bonchev–Trinajstić information content (AvgIpc) is 2.30. The number of thioether (sulfide) groups is 1. The Kier molecular flexibility index (Phi) is 4.57. The highest BCUT2D eigenvalue weighted by Gasteiger charge is 2.34. The molecule has 2 aliphatic rings. The van der Waals surface area contributed by atoms with Crippen LogP contribution in [0.15, 0.2) is 0 Å². The van der Waals surface area contributed by atoms with Gasteiger partial charge in [-0.15, -0.1) is 0 Å². The van der Waals surface area contributed by atoms with Crippen LogP contribution in [0.4, 0.5) is 0 Å². The van der Waals surface area contributed by atoms with Crippen molar-refractivity contribution < 1.29 is 5.11 Å². The molecule has 2 fully saturated rings. The first kappa shape index (κ1) is 12.7. The van der Waals surface area contributed by atoms with Crippen molar-refractivity contribution in [2.24, 2.45) is 5.41 Å². The van der Waals surface area contributed by atoms with E-state index in [-0.39, 0.29) is 5.41 Å². The maximum absolute atomic E-state index is 9.71. The summed E-state index contributed by atoms with van der Waals surface area (Å²) >= 11 is 2.09. The number of aliphatic hydroxyl groups is 1. The zero-order chi connectivity index (χ0) is 11.4. The van der Waals surface area contributed by atoms with Crippen molar-refractivity contribution in [3.8, 4) is 0 Å². The highest BCUT2D eigenvalue weighted by molar-refractivity contribution is 7.99. The highest BCUT2D eigenvalue weighted by atomic mass is 32.2. The summed E-state index contributed by atoms with van der Waals surface area (Å²) < 4.78 is 0. The van der Waals surface area contributed by atoms with E-state index in [0.29, 0.717) is 6.61 Å². The van der Waals surface area contributed by atoms with Crippen LogP contribution >= 0.6 is 11.8 Å². The zero-order valence-corrected chi connectivity index (χ0v) is 11.3. The molecule has 0 aromatic carbocycles. The molecular formula is C13H25NOS. The molecule has 1 aliphatic heterocycles. The summed E-state index contributed by atoms with van der Waals surface area (Å²) in [7, 11) is 0. The Bertz CT molecular complexity index is 216. The summed E-state index contributed by atoms with van der Waals surface area (Å²) in [4.78, 5) is 2.59. The second kappa shape index (κ2) is 5.74. The third kappa shape index (κ3) is 3.14. The van der Waals surface area contributed by atoms with Crippen LogP contribution in [0.3, 0.4) is 0 Å². The van der Waals surface area contributed by atoms with Gasteiger partial charge in [-0.1, -0.05) is 26.2 Å². The van der Waals surface area contributed by atoms with Gasteiger partial charge in [0.15, 0.2) is 0 Å². The maximum Gasteiger partial charge on any atom is 0.0499 e. The van der Waals surface area contributed by atoms with E-state index in [9.17, 15) is 5.11 Å². The topological polar surface area (TPSA) is 23.5 Å². The summed E-state index contributed by atoms with van der Waals surface area (Å²) in [5.41, 5.74) is 0.236. The van der Waals surface area contributed by atoms with Gasteiger partial charge in [-0.25, -0.2) is 0 Å². The Balaban J connectivity index is 1.89. The van der Waals surface area contributed by atoms with Gasteiger partial charge in [0.1, 0.15) is 0 Å². The summed E-state index contributed by atoms with van der Waals surface area (Å²) in [6.07, 6.45) is 6.48. The lowest BCUT2D eigenvalue weighted by atomic mass is 9.74. The Morgan fingerprint density at radius 2 is 2.06 bits per heavy atom. The lowest BCUT2D eigenvalue weighted by Crippen LogP contribution is -2.46. The molecule has 1 saturated heterocycles. The molecule has 3 heteroatoms. The van der Waals surface area contributed by atoms with E-state index < -0.39 is 0 Å². The van der Waals surface area contributed by atoms with Crippen LogP contribution < -0.4 is 0 Å². The van der Waals surface area contributed by atoms with Crippen molar-refractivity contribution in [1.82, 2.24) is 4.90 Å². The lowest BCUT2D eigenvalue weighted by Gasteiger charge is -2.42. The minimum Gasteiger partial charge on any atom is -0.396 e. The van der Waals surface area contributed by atoms with E-state index in [1.165, 1.54) is 50.9 Å². The lowest BCUT2D eigenvalue weighted by molar-refractivity contribution is 0.0418. The predicted octanol–water partition coefficient (Wildman–Crippen LogP) is 2.37. The quantitative estimate of drug-likeness (QED) is 0.823. The van der Waals surface area contributed by atoms with Crippen LogP contribution in [-0.2, 0) is 0 Å². The monoisotopic (exact) mass is 243 g/mol. The Labute approximate surface area is 104 Å². The fraction of sp³-hybridized carbons (Fsp3) is 1.00. The SMILES string of the molecule is CC1CN(CC2(CO)CCCCC2)CCS1. The predicted molar refractivity (Wildman–Crippen MR) is 71.0 cm³/mol. The Morgan fingerprint density at radius 3 is 2.69 bits per heavy atom. The molecule has 1 aliphatic carbocycles. The standard InChI is InChI=1S/C13H25NOS/c1-12-9-14(7-8-16-12)10-13(11-15)5-3-2-4-6-13/h12,15H,2-11H2,1H3. The molecule has 2 rings (SSSR count).